The van der Waals surface area contributed by atoms with Crippen LogP contribution in [0.4, 0.5) is 0 Å². The van der Waals surface area contributed by atoms with Gasteiger partial charge in [-0.2, -0.15) is 0 Å². The fourth-order valence-electron chi connectivity index (χ4n) is 2.23. The van der Waals surface area contributed by atoms with Crippen molar-refractivity contribution in [1.82, 2.24) is 9.97 Å². The maximum Gasteiger partial charge on any atom is 0.303 e. The topological polar surface area (TPSA) is 83.0 Å². The molecular weight excluding hydrogens is 412 g/mol. The highest BCUT2D eigenvalue weighted by Gasteiger charge is 2.13. The predicted octanol–water partition coefficient (Wildman–Crippen LogP) is 4.37. The number of hydrogen-bond donors (Lipinski definition) is 2. The molecule has 0 aliphatic heterocycles. The number of nitrogens with zero attached hydrogens (tertiary/aromatic N) is 1. The number of carbonyl (C=O) groups is 1. The van der Waals surface area contributed by atoms with Gasteiger partial charge in [0.05, 0.1) is 5.39 Å². The predicted molar refractivity (Wildman–Crippen MR) is 101 cm³/mol. The van der Waals surface area contributed by atoms with Gasteiger partial charge in [-0.15, -0.1) is 11.3 Å². The van der Waals surface area contributed by atoms with Gasteiger partial charge in [0, 0.05) is 27.6 Å². The molecule has 2 aromatic heterocycles. The maximum atomic E-state index is 12.5. The van der Waals surface area contributed by atoms with E-state index < -0.39 is 5.97 Å². The summed E-state index contributed by atoms with van der Waals surface area (Å²) in [6.45, 7) is 0. The van der Waals surface area contributed by atoms with Crippen molar-refractivity contribution in [3.05, 3.63) is 44.5 Å². The lowest BCUT2D eigenvalue weighted by molar-refractivity contribution is -0.137. The number of benzene rings is 1. The molecule has 1 aromatic carbocycles. The van der Waals surface area contributed by atoms with E-state index in [1.807, 2.05) is 29.6 Å². The van der Waals surface area contributed by atoms with Crippen molar-refractivity contribution in [1.29, 1.82) is 0 Å². The molecule has 0 atom stereocenters. The Balaban J connectivity index is 1.87. The number of carboxylic acids is 1. The summed E-state index contributed by atoms with van der Waals surface area (Å²) >= 11 is 6.21. The Kier molecular flexibility index (Phi) is 5.37. The number of thiophene rings is 1. The molecule has 0 saturated carbocycles. The van der Waals surface area contributed by atoms with Crippen LogP contribution in [0, 0.1) is 0 Å². The number of hydrogen-bond acceptors (Lipinski definition) is 5. The number of halogens is 1. The van der Waals surface area contributed by atoms with Crippen LogP contribution in [-0.2, 0) is 4.79 Å². The molecule has 124 valence electrons. The normalized spacial score (nSPS) is 11.0. The molecular formula is C16H13BrN2O3S2. The smallest absolute Gasteiger partial charge is 0.303 e. The molecule has 0 aliphatic carbocycles. The number of thioether (sulfide) groups is 1. The van der Waals surface area contributed by atoms with E-state index in [0.29, 0.717) is 27.5 Å². The minimum absolute atomic E-state index is 0.117. The summed E-state index contributed by atoms with van der Waals surface area (Å²) < 4.78 is 0.984. The van der Waals surface area contributed by atoms with Crippen molar-refractivity contribution in [3.63, 3.8) is 0 Å². The van der Waals surface area contributed by atoms with E-state index in [0.717, 1.165) is 15.6 Å². The number of fused-ring (bicyclic) bond motifs is 1. The van der Waals surface area contributed by atoms with Crippen molar-refractivity contribution >= 4 is 55.2 Å². The molecule has 0 spiro atoms. The largest absolute Gasteiger partial charge is 0.481 e. The molecule has 0 radical (unpaired) electrons. The molecule has 2 heterocycles. The van der Waals surface area contributed by atoms with E-state index in [4.69, 9.17) is 5.11 Å². The highest BCUT2D eigenvalue weighted by molar-refractivity contribution is 9.10. The third-order valence-corrected chi connectivity index (χ3v) is 5.71. The van der Waals surface area contributed by atoms with E-state index >= 15 is 0 Å². The van der Waals surface area contributed by atoms with Crippen molar-refractivity contribution in [2.75, 3.05) is 5.75 Å². The Bertz CT molecular complexity index is 935. The van der Waals surface area contributed by atoms with Crippen molar-refractivity contribution < 1.29 is 9.90 Å². The number of aromatic nitrogens is 2. The number of nitrogens with one attached hydrogen (secondary N) is 1. The Morgan fingerprint density at radius 2 is 2.08 bits per heavy atom. The van der Waals surface area contributed by atoms with E-state index in [1.54, 1.807) is 0 Å². The zero-order chi connectivity index (χ0) is 17.1. The van der Waals surface area contributed by atoms with Crippen molar-refractivity contribution in [3.8, 4) is 11.1 Å². The first-order chi connectivity index (χ1) is 11.5. The molecule has 0 saturated heterocycles. The molecule has 0 unspecified atom stereocenters. The molecule has 0 bridgehead atoms. The molecule has 0 aliphatic rings. The zero-order valence-corrected chi connectivity index (χ0v) is 15.6. The average Bonchev–Trinajstić information content (AvgIpc) is 2.97. The molecule has 8 heteroatoms. The van der Waals surface area contributed by atoms with Gasteiger partial charge >= 0.3 is 5.97 Å². The summed E-state index contributed by atoms with van der Waals surface area (Å²) in [6, 6.07) is 7.79. The third kappa shape index (κ3) is 3.88. The highest BCUT2D eigenvalue weighted by atomic mass is 79.9. The van der Waals surface area contributed by atoms with E-state index in [-0.39, 0.29) is 12.0 Å². The average molecular weight is 425 g/mol. The van der Waals surface area contributed by atoms with Gasteiger partial charge < -0.3 is 10.1 Å². The first-order valence-electron chi connectivity index (χ1n) is 7.16. The van der Waals surface area contributed by atoms with Crippen LogP contribution in [-0.4, -0.2) is 26.8 Å². The summed E-state index contributed by atoms with van der Waals surface area (Å²) in [5, 5.41) is 11.7. The van der Waals surface area contributed by atoms with Gasteiger partial charge in [-0.3, -0.25) is 9.59 Å². The van der Waals surface area contributed by atoms with Crippen molar-refractivity contribution in [2.45, 2.75) is 18.0 Å². The Morgan fingerprint density at radius 3 is 2.79 bits per heavy atom. The quantitative estimate of drug-likeness (QED) is 0.348. The lowest BCUT2D eigenvalue weighted by Gasteiger charge is -2.02. The number of rotatable bonds is 6. The van der Waals surface area contributed by atoms with Crippen LogP contribution >= 0.6 is 39.0 Å². The maximum absolute atomic E-state index is 12.5. The highest BCUT2D eigenvalue weighted by Crippen LogP contribution is 2.32. The van der Waals surface area contributed by atoms with Crippen LogP contribution in [0.25, 0.3) is 21.3 Å². The summed E-state index contributed by atoms with van der Waals surface area (Å²) in [4.78, 5) is 30.9. The van der Waals surface area contributed by atoms with Gasteiger partial charge in [0.1, 0.15) is 4.83 Å². The van der Waals surface area contributed by atoms with Gasteiger partial charge in [-0.05, 0) is 24.1 Å². The first kappa shape index (κ1) is 17.2. The van der Waals surface area contributed by atoms with Gasteiger partial charge in [0.2, 0.25) is 0 Å². The Morgan fingerprint density at radius 1 is 1.33 bits per heavy atom. The molecule has 3 aromatic rings. The van der Waals surface area contributed by atoms with Crippen LogP contribution in [0.2, 0.25) is 0 Å². The van der Waals surface area contributed by atoms with E-state index in [9.17, 15) is 9.59 Å². The van der Waals surface area contributed by atoms with Crippen LogP contribution in [0.1, 0.15) is 12.8 Å². The fraction of sp³-hybridized carbons (Fsp3) is 0.188. The SMILES string of the molecule is O=C(O)CCCSc1nc2scc(-c3ccc(Br)cc3)c2c(=O)[nH]1. The summed E-state index contributed by atoms with van der Waals surface area (Å²) in [5.41, 5.74) is 1.68. The molecule has 5 nitrogen and oxygen atoms in total. The van der Waals surface area contributed by atoms with Crippen LogP contribution in [0.5, 0.6) is 0 Å². The van der Waals surface area contributed by atoms with Gasteiger partial charge in [-0.1, -0.05) is 39.8 Å². The van der Waals surface area contributed by atoms with Gasteiger partial charge in [0.25, 0.3) is 5.56 Å². The van der Waals surface area contributed by atoms with E-state index in [2.05, 4.69) is 25.9 Å². The van der Waals surface area contributed by atoms with Gasteiger partial charge in [0.15, 0.2) is 5.16 Å². The molecule has 24 heavy (non-hydrogen) atoms. The minimum atomic E-state index is -0.815. The second-order valence-electron chi connectivity index (χ2n) is 5.05. The molecule has 2 N–H and O–H groups in total. The van der Waals surface area contributed by atoms with Crippen LogP contribution in [0.3, 0.4) is 0 Å². The summed E-state index contributed by atoms with van der Waals surface area (Å²) in [7, 11) is 0. The second kappa shape index (κ2) is 7.50. The second-order valence-corrected chi connectivity index (χ2v) is 7.91. The van der Waals surface area contributed by atoms with Crippen LogP contribution in [0.15, 0.2) is 44.1 Å². The van der Waals surface area contributed by atoms with E-state index in [1.165, 1.54) is 23.1 Å². The zero-order valence-electron chi connectivity index (χ0n) is 12.4. The Labute approximate surface area is 154 Å². The van der Waals surface area contributed by atoms with Crippen LogP contribution < -0.4 is 5.56 Å². The van der Waals surface area contributed by atoms with Crippen molar-refractivity contribution in [2.24, 2.45) is 0 Å². The number of H-pyrrole nitrogens is 1. The Hall–Kier alpha value is -1.64. The van der Waals surface area contributed by atoms with Gasteiger partial charge in [-0.25, -0.2) is 4.98 Å². The lowest BCUT2D eigenvalue weighted by atomic mass is 10.1. The molecule has 0 fully saturated rings. The summed E-state index contributed by atoms with van der Waals surface area (Å²) in [6.07, 6.45) is 0.655. The number of aromatic amines is 1. The third-order valence-electron chi connectivity index (χ3n) is 3.35. The monoisotopic (exact) mass is 424 g/mol. The molecule has 3 rings (SSSR count). The first-order valence-corrected chi connectivity index (χ1v) is 9.82. The molecule has 0 amide bonds. The summed E-state index contributed by atoms with van der Waals surface area (Å²) in [5.74, 6) is -0.212. The fourth-order valence-corrected chi connectivity index (χ4v) is 4.30. The minimum Gasteiger partial charge on any atom is -0.481 e. The number of carboxylic acid groups (broad SMARTS) is 1. The standard InChI is InChI=1S/C16H13BrN2O3S2/c17-10-5-3-9(4-6-10)11-8-24-15-13(11)14(22)18-16(19-15)23-7-1-2-12(20)21/h3-6,8H,1-2,7H2,(H,20,21)(H,18,19,22). The number of aliphatic carboxylic acids is 1. The lowest BCUT2D eigenvalue weighted by Crippen LogP contribution is -2.08.